The minimum absolute atomic E-state index is 0. The Labute approximate surface area is 203 Å². The van der Waals surface area contributed by atoms with Gasteiger partial charge in [-0.25, -0.2) is 4.99 Å². The number of hydrogen-bond acceptors (Lipinski definition) is 5. The molecule has 8 heteroatoms. The number of furan rings is 1. The van der Waals surface area contributed by atoms with E-state index in [4.69, 9.17) is 14.1 Å². The minimum atomic E-state index is -1.02. The molecule has 0 saturated carbocycles. The number of nitrogens with one attached hydrogen (secondary N) is 2. The van der Waals surface area contributed by atoms with Crippen LogP contribution in [0.3, 0.4) is 0 Å². The van der Waals surface area contributed by atoms with Crippen LogP contribution in [-0.4, -0.2) is 30.8 Å². The molecule has 0 spiro atoms. The van der Waals surface area contributed by atoms with E-state index in [0.29, 0.717) is 19.1 Å². The molecule has 0 amide bonds. The number of rotatable bonds is 7. The van der Waals surface area contributed by atoms with Crippen molar-refractivity contribution < 1.29 is 14.3 Å². The summed E-state index contributed by atoms with van der Waals surface area (Å²) in [5.74, 6) is 2.49. The largest absolute Gasteiger partial charge is 0.493 e. The molecule has 0 saturated heterocycles. The summed E-state index contributed by atoms with van der Waals surface area (Å²) in [7, 11) is 0. The van der Waals surface area contributed by atoms with Crippen LogP contribution in [0.4, 0.5) is 0 Å². The number of aliphatic imine (C=N–C) groups is 1. The van der Waals surface area contributed by atoms with Crippen LogP contribution in [0.1, 0.15) is 36.3 Å². The first-order chi connectivity index (χ1) is 14.6. The number of hydrogen-bond donors (Lipinski definition) is 3. The van der Waals surface area contributed by atoms with Crippen molar-refractivity contribution in [2.45, 2.75) is 31.4 Å². The lowest BCUT2D eigenvalue weighted by Crippen LogP contribution is -2.42. The van der Waals surface area contributed by atoms with Crippen LogP contribution < -0.4 is 15.4 Å². The Morgan fingerprint density at radius 3 is 2.90 bits per heavy atom. The fraction of sp³-hybridized carbons (Fsp3) is 0.348. The van der Waals surface area contributed by atoms with Gasteiger partial charge in [0.25, 0.3) is 0 Å². The molecule has 4 rings (SSSR count). The second kappa shape index (κ2) is 11.0. The van der Waals surface area contributed by atoms with Gasteiger partial charge in [-0.05, 0) is 47.5 Å². The van der Waals surface area contributed by atoms with Gasteiger partial charge in [0.05, 0.1) is 25.5 Å². The fourth-order valence-corrected chi connectivity index (χ4v) is 4.25. The summed E-state index contributed by atoms with van der Waals surface area (Å²) in [5, 5.41) is 21.7. The van der Waals surface area contributed by atoms with Crippen molar-refractivity contribution >= 4 is 41.3 Å². The molecule has 3 N–H and O–H groups in total. The highest BCUT2D eigenvalue weighted by Gasteiger charge is 2.25. The summed E-state index contributed by atoms with van der Waals surface area (Å²) < 4.78 is 11.2. The Kier molecular flexibility index (Phi) is 8.39. The molecule has 1 aliphatic rings. The zero-order valence-electron chi connectivity index (χ0n) is 17.4. The van der Waals surface area contributed by atoms with E-state index in [1.165, 1.54) is 0 Å². The van der Waals surface area contributed by atoms with Crippen LogP contribution in [0.2, 0.25) is 0 Å². The van der Waals surface area contributed by atoms with Gasteiger partial charge in [-0.3, -0.25) is 0 Å². The number of ether oxygens (including phenoxy) is 1. The lowest BCUT2D eigenvalue weighted by molar-refractivity contribution is 0.0676. The number of nitrogens with zero attached hydrogens (tertiary/aromatic N) is 1. The number of para-hydroxylation sites is 1. The molecular formula is C23H28IN3O3S. The molecule has 0 fully saturated rings. The third-order valence-corrected chi connectivity index (χ3v) is 5.88. The van der Waals surface area contributed by atoms with Crippen molar-refractivity contribution in [2.24, 2.45) is 4.99 Å². The molecule has 1 aromatic carbocycles. The molecule has 31 heavy (non-hydrogen) atoms. The van der Waals surface area contributed by atoms with E-state index >= 15 is 0 Å². The SMILES string of the molecule is CC(O)(CN=C(NCCc1ccco1)NC1CCOc2ccccc21)c1ccsc1.I. The Morgan fingerprint density at radius 1 is 1.26 bits per heavy atom. The molecule has 0 bridgehead atoms. The predicted octanol–water partition coefficient (Wildman–Crippen LogP) is 4.47. The third kappa shape index (κ3) is 6.24. The number of aliphatic hydroxyl groups is 1. The quantitative estimate of drug-likeness (QED) is 0.229. The van der Waals surface area contributed by atoms with E-state index in [2.05, 4.69) is 16.7 Å². The molecule has 0 aliphatic carbocycles. The van der Waals surface area contributed by atoms with E-state index in [0.717, 1.165) is 35.5 Å². The maximum atomic E-state index is 10.9. The summed E-state index contributed by atoms with van der Waals surface area (Å²) in [5.41, 5.74) is 0.972. The number of benzene rings is 1. The van der Waals surface area contributed by atoms with Crippen LogP contribution in [-0.2, 0) is 12.0 Å². The zero-order valence-corrected chi connectivity index (χ0v) is 20.6. The first-order valence-electron chi connectivity index (χ1n) is 10.2. The Hall–Kier alpha value is -2.04. The van der Waals surface area contributed by atoms with Gasteiger partial charge in [0.2, 0.25) is 0 Å². The molecule has 3 aromatic rings. The van der Waals surface area contributed by atoms with Gasteiger partial charge >= 0.3 is 0 Å². The van der Waals surface area contributed by atoms with Gasteiger partial charge in [-0.2, -0.15) is 11.3 Å². The summed E-state index contributed by atoms with van der Waals surface area (Å²) >= 11 is 1.57. The third-order valence-electron chi connectivity index (χ3n) is 5.20. The van der Waals surface area contributed by atoms with Crippen molar-refractivity contribution in [2.75, 3.05) is 19.7 Å². The van der Waals surface area contributed by atoms with Crippen molar-refractivity contribution in [3.05, 3.63) is 76.4 Å². The smallest absolute Gasteiger partial charge is 0.191 e. The van der Waals surface area contributed by atoms with Gasteiger partial charge < -0.3 is 24.9 Å². The molecule has 6 nitrogen and oxygen atoms in total. The molecule has 2 aromatic heterocycles. The monoisotopic (exact) mass is 553 g/mol. The number of thiophene rings is 1. The predicted molar refractivity (Wildman–Crippen MR) is 134 cm³/mol. The number of halogens is 1. The summed E-state index contributed by atoms with van der Waals surface area (Å²) in [6.07, 6.45) is 3.27. The molecule has 3 heterocycles. The average molecular weight is 553 g/mol. The highest BCUT2D eigenvalue weighted by molar-refractivity contribution is 14.0. The Morgan fingerprint density at radius 2 is 2.13 bits per heavy atom. The molecular weight excluding hydrogens is 525 g/mol. The van der Waals surface area contributed by atoms with Gasteiger partial charge in [-0.1, -0.05) is 18.2 Å². The fourth-order valence-electron chi connectivity index (χ4n) is 3.46. The first-order valence-corrected chi connectivity index (χ1v) is 11.1. The standard InChI is InChI=1S/C23H27N3O3S.HI/c1-23(27,17-10-14-30-15-17)16-25-22(24-11-8-18-5-4-12-28-18)26-20-9-13-29-21-7-3-2-6-19(20)21;/h2-7,10,12,14-15,20,27H,8-9,11,13,16H2,1H3,(H2,24,25,26);1H. The zero-order chi connectivity index (χ0) is 20.8. The van der Waals surface area contributed by atoms with E-state index in [-0.39, 0.29) is 36.6 Å². The molecule has 0 radical (unpaired) electrons. The van der Waals surface area contributed by atoms with Gasteiger partial charge in [0.15, 0.2) is 5.96 Å². The molecule has 1 aliphatic heterocycles. The summed E-state index contributed by atoms with van der Waals surface area (Å²) in [6.45, 7) is 3.37. The maximum absolute atomic E-state index is 10.9. The van der Waals surface area contributed by atoms with E-state index < -0.39 is 5.60 Å². The number of guanidine groups is 1. The lowest BCUT2D eigenvalue weighted by Gasteiger charge is -2.28. The van der Waals surface area contributed by atoms with E-state index in [1.54, 1.807) is 24.5 Å². The second-order valence-electron chi connectivity index (χ2n) is 7.58. The van der Waals surface area contributed by atoms with Crippen LogP contribution in [0, 0.1) is 0 Å². The normalized spacial score (nSPS) is 17.6. The first kappa shape index (κ1) is 23.6. The van der Waals surface area contributed by atoms with Gasteiger partial charge in [0.1, 0.15) is 17.1 Å². The van der Waals surface area contributed by atoms with Crippen LogP contribution >= 0.6 is 35.3 Å². The summed E-state index contributed by atoms with van der Waals surface area (Å²) in [6, 6.07) is 13.9. The van der Waals surface area contributed by atoms with Crippen LogP contribution in [0.25, 0.3) is 0 Å². The topological polar surface area (TPSA) is 79.0 Å². The molecule has 166 valence electrons. The van der Waals surface area contributed by atoms with E-state index in [9.17, 15) is 5.11 Å². The van der Waals surface area contributed by atoms with Gasteiger partial charge in [-0.15, -0.1) is 24.0 Å². The van der Waals surface area contributed by atoms with Crippen molar-refractivity contribution in [1.29, 1.82) is 0 Å². The lowest BCUT2D eigenvalue weighted by atomic mass is 9.99. The minimum Gasteiger partial charge on any atom is -0.493 e. The van der Waals surface area contributed by atoms with Crippen LogP contribution in [0.15, 0.2) is 68.9 Å². The highest BCUT2D eigenvalue weighted by Crippen LogP contribution is 2.31. The molecule has 2 unspecified atom stereocenters. The average Bonchev–Trinajstić information content (AvgIpc) is 3.47. The Balaban J connectivity index is 0.00000272. The molecule has 2 atom stereocenters. The maximum Gasteiger partial charge on any atom is 0.191 e. The van der Waals surface area contributed by atoms with E-state index in [1.807, 2.05) is 47.2 Å². The Bertz CT molecular complexity index is 958. The van der Waals surface area contributed by atoms with Crippen molar-refractivity contribution in [1.82, 2.24) is 10.6 Å². The van der Waals surface area contributed by atoms with Crippen LogP contribution in [0.5, 0.6) is 5.75 Å². The second-order valence-corrected chi connectivity index (χ2v) is 8.36. The van der Waals surface area contributed by atoms with Crippen molar-refractivity contribution in [3.8, 4) is 5.75 Å². The highest BCUT2D eigenvalue weighted by atomic mass is 127. The number of fused-ring (bicyclic) bond motifs is 1. The summed E-state index contributed by atoms with van der Waals surface area (Å²) in [4.78, 5) is 4.71. The van der Waals surface area contributed by atoms with Gasteiger partial charge in [0, 0.05) is 24.9 Å². The van der Waals surface area contributed by atoms with Crippen molar-refractivity contribution in [3.63, 3.8) is 0 Å².